The number of rotatable bonds is 3. The number of hydrogen-bond acceptors (Lipinski definition) is 4. The van der Waals surface area contributed by atoms with E-state index in [4.69, 9.17) is 9.47 Å². The predicted molar refractivity (Wildman–Crippen MR) is 76.4 cm³/mol. The molecule has 0 saturated carbocycles. The van der Waals surface area contributed by atoms with Gasteiger partial charge in [-0.2, -0.15) is 0 Å². The lowest BCUT2D eigenvalue weighted by Gasteiger charge is -2.29. The van der Waals surface area contributed by atoms with Crippen molar-refractivity contribution in [2.24, 2.45) is 0 Å². The maximum atomic E-state index is 12.6. The first-order valence-corrected chi connectivity index (χ1v) is 6.73. The molecule has 0 saturated heterocycles. The van der Waals surface area contributed by atoms with Crippen LogP contribution in [0.25, 0.3) is 0 Å². The minimum atomic E-state index is -0.784. The van der Waals surface area contributed by atoms with E-state index in [1.807, 2.05) is 13.8 Å². The fourth-order valence-corrected chi connectivity index (χ4v) is 2.30. The molecule has 1 aliphatic heterocycles. The van der Waals surface area contributed by atoms with Crippen LogP contribution in [0.1, 0.15) is 33.3 Å². The van der Waals surface area contributed by atoms with Gasteiger partial charge in [-0.15, -0.1) is 5.06 Å². The van der Waals surface area contributed by atoms with Gasteiger partial charge in [-0.25, -0.2) is 5.21 Å². The van der Waals surface area contributed by atoms with Crippen LogP contribution in [0.4, 0.5) is 0 Å². The predicted octanol–water partition coefficient (Wildman–Crippen LogP) is 2.07. The molecule has 1 aromatic rings. The Bertz CT molecular complexity index is 571. The van der Waals surface area contributed by atoms with Gasteiger partial charge >= 0.3 is 5.84 Å². The lowest BCUT2D eigenvalue weighted by atomic mass is 9.84. The molecule has 1 radical (unpaired) electrons. The van der Waals surface area contributed by atoms with Crippen molar-refractivity contribution in [3.63, 3.8) is 0 Å². The number of amidine groups is 1. The molecule has 2 rings (SSSR count). The quantitative estimate of drug-likeness (QED) is 0.867. The first-order chi connectivity index (χ1) is 9.66. The monoisotopic (exact) mass is 294 g/mol. The van der Waals surface area contributed by atoms with Crippen molar-refractivity contribution in [2.75, 3.05) is 14.2 Å². The Hall–Kier alpha value is -1.95. The molecule has 1 heterocycles. The van der Waals surface area contributed by atoms with Crippen molar-refractivity contribution >= 4 is 5.84 Å². The summed E-state index contributed by atoms with van der Waals surface area (Å²) in [5.41, 5.74) is -0.976. The molecule has 0 aromatic heterocycles. The van der Waals surface area contributed by atoms with E-state index < -0.39 is 11.1 Å². The highest BCUT2D eigenvalue weighted by atomic mass is 16.5. The molecule has 0 atom stereocenters. The van der Waals surface area contributed by atoms with Gasteiger partial charge in [0.2, 0.25) is 0 Å². The van der Waals surface area contributed by atoms with Gasteiger partial charge in [0.05, 0.1) is 19.8 Å². The average Bonchev–Trinajstić information content (AvgIpc) is 2.56. The molecule has 1 aromatic carbocycles. The second kappa shape index (κ2) is 4.80. The third kappa shape index (κ3) is 2.10. The van der Waals surface area contributed by atoms with Gasteiger partial charge in [0.15, 0.2) is 11.1 Å². The van der Waals surface area contributed by atoms with Crippen LogP contribution in [0.2, 0.25) is 0 Å². The lowest BCUT2D eigenvalue weighted by molar-refractivity contribution is -0.854. The fraction of sp³-hybridized carbons (Fsp3) is 0.533. The Morgan fingerprint density at radius 1 is 1.05 bits per heavy atom. The summed E-state index contributed by atoms with van der Waals surface area (Å²) >= 11 is 0. The summed E-state index contributed by atoms with van der Waals surface area (Å²) in [6, 6.07) is 5.11. The largest absolute Gasteiger partial charge is 0.497 e. The Kier molecular flexibility index (Phi) is 3.53. The third-order valence-electron chi connectivity index (χ3n) is 4.54. The average molecular weight is 294 g/mol. The zero-order valence-corrected chi connectivity index (χ0v) is 13.3. The molecule has 6 nitrogen and oxygen atoms in total. The molecule has 115 valence electrons. The van der Waals surface area contributed by atoms with Gasteiger partial charge in [0.1, 0.15) is 11.5 Å². The minimum absolute atomic E-state index is 0.183. The van der Waals surface area contributed by atoms with E-state index in [0.29, 0.717) is 17.1 Å². The topological polar surface area (TPSA) is 64.8 Å². The number of methoxy groups -OCH3 is 2. The Morgan fingerprint density at radius 3 is 1.86 bits per heavy atom. The van der Waals surface area contributed by atoms with Crippen LogP contribution in [0.15, 0.2) is 18.2 Å². The summed E-state index contributed by atoms with van der Waals surface area (Å²) in [5, 5.41) is 24.1. The molecule has 6 heteroatoms. The first-order valence-electron chi connectivity index (χ1n) is 6.73. The van der Waals surface area contributed by atoms with E-state index in [1.54, 1.807) is 32.0 Å². The molecule has 0 spiro atoms. The molecule has 0 amide bonds. The summed E-state index contributed by atoms with van der Waals surface area (Å²) in [6.07, 6.45) is 0. The lowest BCUT2D eigenvalue weighted by Crippen LogP contribution is -2.53. The molecular weight excluding hydrogens is 272 g/mol. The molecule has 0 unspecified atom stereocenters. The zero-order chi connectivity index (χ0) is 16.0. The summed E-state index contributed by atoms with van der Waals surface area (Å²) in [6.45, 7) is 7.24. The van der Waals surface area contributed by atoms with E-state index in [2.05, 4.69) is 0 Å². The molecule has 1 aliphatic rings. The molecule has 0 aliphatic carbocycles. The van der Waals surface area contributed by atoms with Crippen molar-refractivity contribution < 1.29 is 24.6 Å². The van der Waals surface area contributed by atoms with Gasteiger partial charge in [0.25, 0.3) is 0 Å². The van der Waals surface area contributed by atoms with Crippen LogP contribution in [-0.2, 0) is 5.21 Å². The fourth-order valence-electron chi connectivity index (χ4n) is 2.30. The number of benzene rings is 1. The van der Waals surface area contributed by atoms with Gasteiger partial charge in [-0.1, -0.05) is 5.21 Å². The minimum Gasteiger partial charge on any atom is -0.497 e. The maximum Gasteiger partial charge on any atom is 0.354 e. The normalized spacial score (nSPS) is 19.9. The van der Waals surface area contributed by atoms with Crippen LogP contribution in [0, 0.1) is 0 Å². The van der Waals surface area contributed by atoms with E-state index in [-0.39, 0.29) is 5.84 Å². The van der Waals surface area contributed by atoms with E-state index in [9.17, 15) is 10.4 Å². The molecule has 1 N–H and O–H groups in total. The number of nitrogens with zero attached hydrogens (tertiary/aromatic N) is 2. The molecule has 0 fully saturated rings. The molecule has 0 bridgehead atoms. The molecule has 21 heavy (non-hydrogen) atoms. The Balaban J connectivity index is 2.64. The summed E-state index contributed by atoms with van der Waals surface area (Å²) in [4.78, 5) is 0. The SMILES string of the molecule is COc1cc(OC)cc(C2=[N+]([O])C(C)(C)C(C)(C)N2O)c1. The second-order valence-electron chi connectivity index (χ2n) is 6.15. The van der Waals surface area contributed by atoms with Gasteiger partial charge in [0, 0.05) is 6.07 Å². The zero-order valence-electron chi connectivity index (χ0n) is 13.3. The Morgan fingerprint density at radius 2 is 1.52 bits per heavy atom. The van der Waals surface area contributed by atoms with Crippen molar-refractivity contribution in [1.82, 2.24) is 5.06 Å². The van der Waals surface area contributed by atoms with Crippen molar-refractivity contribution in [3.8, 4) is 11.5 Å². The number of hydroxylamine groups is 3. The molecular formula is C15H22N2O4+. The summed E-state index contributed by atoms with van der Waals surface area (Å²) in [5.74, 6) is 1.30. The van der Waals surface area contributed by atoms with Crippen LogP contribution < -0.4 is 9.47 Å². The van der Waals surface area contributed by atoms with Gasteiger partial charge in [-0.3, -0.25) is 0 Å². The van der Waals surface area contributed by atoms with Crippen molar-refractivity contribution in [3.05, 3.63) is 23.8 Å². The highest BCUT2D eigenvalue weighted by Crippen LogP contribution is 2.37. The highest BCUT2D eigenvalue weighted by Gasteiger charge is 2.63. The number of hydrogen-bond donors (Lipinski definition) is 1. The van der Waals surface area contributed by atoms with Gasteiger partial charge in [-0.05, 0) is 44.6 Å². The highest BCUT2D eigenvalue weighted by molar-refractivity contribution is 5.96. The second-order valence-corrected chi connectivity index (χ2v) is 6.15. The van der Waals surface area contributed by atoms with E-state index in [0.717, 1.165) is 9.80 Å². The van der Waals surface area contributed by atoms with Crippen LogP contribution in [-0.4, -0.2) is 46.1 Å². The third-order valence-corrected chi connectivity index (χ3v) is 4.54. The van der Waals surface area contributed by atoms with Crippen molar-refractivity contribution in [2.45, 2.75) is 38.8 Å². The standard InChI is InChI=1S/C15H22N2O4/c1-14(2)15(3,4)17(19)13(16(14)18)10-7-11(20-5)9-12(8-10)21-6/h7-9,18H,1-6H3/q+1. The van der Waals surface area contributed by atoms with Gasteiger partial charge < -0.3 is 9.47 Å². The first kappa shape index (κ1) is 15.4. The summed E-state index contributed by atoms with van der Waals surface area (Å²) in [7, 11) is 3.08. The van der Waals surface area contributed by atoms with Crippen molar-refractivity contribution in [1.29, 1.82) is 0 Å². The maximum absolute atomic E-state index is 12.6. The summed E-state index contributed by atoms with van der Waals surface area (Å²) < 4.78 is 11.3. The van der Waals surface area contributed by atoms with E-state index in [1.165, 1.54) is 14.2 Å². The van der Waals surface area contributed by atoms with Crippen LogP contribution in [0.3, 0.4) is 0 Å². The smallest absolute Gasteiger partial charge is 0.354 e. The Labute approximate surface area is 124 Å². The van der Waals surface area contributed by atoms with Crippen LogP contribution >= 0.6 is 0 Å². The number of ether oxygens (including phenoxy) is 2. The van der Waals surface area contributed by atoms with E-state index >= 15 is 0 Å². The van der Waals surface area contributed by atoms with Crippen LogP contribution in [0.5, 0.6) is 11.5 Å².